The lowest BCUT2D eigenvalue weighted by atomic mass is 9.82. The van der Waals surface area contributed by atoms with Gasteiger partial charge in [-0.2, -0.15) is 0 Å². The molecule has 0 spiro atoms. The molecule has 2 N–H and O–H groups in total. The highest BCUT2D eigenvalue weighted by Crippen LogP contribution is 2.30. The van der Waals surface area contributed by atoms with Crippen LogP contribution < -0.4 is 10.2 Å². The standard InChI is InChI=1S/C16H25N3O2/c1-19(2)14-10-13(6-9-17-14)12-18-15(20)11-16(21)7-4-3-5-8-16/h6,9-10,21H,3-5,7-8,11-12H2,1-2H3,(H,18,20). The van der Waals surface area contributed by atoms with Gasteiger partial charge >= 0.3 is 0 Å². The molecule has 1 fully saturated rings. The van der Waals surface area contributed by atoms with Crippen LogP contribution in [0.25, 0.3) is 0 Å². The first-order valence-corrected chi connectivity index (χ1v) is 7.60. The summed E-state index contributed by atoms with van der Waals surface area (Å²) in [5, 5.41) is 13.3. The van der Waals surface area contributed by atoms with Crippen LogP contribution in [-0.4, -0.2) is 35.7 Å². The normalized spacial score (nSPS) is 17.3. The van der Waals surface area contributed by atoms with Crippen LogP contribution in [0.3, 0.4) is 0 Å². The summed E-state index contributed by atoms with van der Waals surface area (Å²) < 4.78 is 0. The van der Waals surface area contributed by atoms with E-state index in [1.165, 1.54) is 0 Å². The molecule has 0 radical (unpaired) electrons. The van der Waals surface area contributed by atoms with E-state index in [-0.39, 0.29) is 12.3 Å². The number of nitrogens with one attached hydrogen (secondary N) is 1. The number of hydrogen-bond acceptors (Lipinski definition) is 4. The smallest absolute Gasteiger partial charge is 0.223 e. The van der Waals surface area contributed by atoms with E-state index in [9.17, 15) is 9.90 Å². The third kappa shape index (κ3) is 4.70. The van der Waals surface area contributed by atoms with E-state index in [0.29, 0.717) is 6.54 Å². The summed E-state index contributed by atoms with van der Waals surface area (Å²) in [6.07, 6.45) is 6.61. The Labute approximate surface area is 126 Å². The molecule has 1 aliphatic carbocycles. The molecule has 0 saturated heterocycles. The number of aliphatic hydroxyl groups is 1. The number of carbonyl (C=O) groups is 1. The minimum atomic E-state index is -0.796. The zero-order valence-electron chi connectivity index (χ0n) is 12.9. The number of nitrogens with zero attached hydrogens (tertiary/aromatic N) is 2. The number of aromatic nitrogens is 1. The Bertz CT molecular complexity index is 482. The highest BCUT2D eigenvalue weighted by molar-refractivity contribution is 5.77. The Morgan fingerprint density at radius 1 is 1.38 bits per heavy atom. The summed E-state index contributed by atoms with van der Waals surface area (Å²) in [5.74, 6) is 0.787. The van der Waals surface area contributed by atoms with Crippen molar-refractivity contribution in [1.29, 1.82) is 0 Å². The molecule has 0 atom stereocenters. The summed E-state index contributed by atoms with van der Waals surface area (Å²) >= 11 is 0. The van der Waals surface area contributed by atoms with Crippen LogP contribution in [-0.2, 0) is 11.3 Å². The van der Waals surface area contributed by atoms with Gasteiger partial charge < -0.3 is 15.3 Å². The van der Waals surface area contributed by atoms with Crippen molar-refractivity contribution < 1.29 is 9.90 Å². The van der Waals surface area contributed by atoms with E-state index >= 15 is 0 Å². The first kappa shape index (κ1) is 15.8. The fourth-order valence-corrected chi connectivity index (χ4v) is 2.76. The minimum absolute atomic E-state index is 0.0809. The maximum absolute atomic E-state index is 12.0. The van der Waals surface area contributed by atoms with E-state index in [1.807, 2.05) is 31.1 Å². The molecule has 1 saturated carbocycles. The fourth-order valence-electron chi connectivity index (χ4n) is 2.76. The second-order valence-electron chi connectivity index (χ2n) is 6.16. The second-order valence-corrected chi connectivity index (χ2v) is 6.16. The first-order valence-electron chi connectivity index (χ1n) is 7.60. The van der Waals surface area contributed by atoms with Crippen LogP contribution in [0.1, 0.15) is 44.1 Å². The number of pyridine rings is 1. The average Bonchev–Trinajstić information content (AvgIpc) is 2.46. The van der Waals surface area contributed by atoms with Crippen molar-refractivity contribution in [1.82, 2.24) is 10.3 Å². The molecule has 5 nitrogen and oxygen atoms in total. The van der Waals surface area contributed by atoms with Gasteiger partial charge in [-0.15, -0.1) is 0 Å². The molecule has 0 aliphatic heterocycles. The molecule has 0 unspecified atom stereocenters. The van der Waals surface area contributed by atoms with Gasteiger partial charge in [0.15, 0.2) is 0 Å². The molecule has 1 aliphatic rings. The van der Waals surface area contributed by atoms with Gasteiger partial charge in [-0.05, 0) is 30.5 Å². The number of carbonyl (C=O) groups excluding carboxylic acids is 1. The van der Waals surface area contributed by atoms with Crippen LogP contribution in [0.5, 0.6) is 0 Å². The minimum Gasteiger partial charge on any atom is -0.389 e. The van der Waals surface area contributed by atoms with Gasteiger partial charge in [0.05, 0.1) is 12.0 Å². The Morgan fingerprint density at radius 3 is 2.76 bits per heavy atom. The van der Waals surface area contributed by atoms with Crippen LogP contribution in [0.4, 0.5) is 5.82 Å². The third-order valence-electron chi connectivity index (χ3n) is 4.03. The Balaban J connectivity index is 1.85. The Morgan fingerprint density at radius 2 is 2.10 bits per heavy atom. The van der Waals surface area contributed by atoms with Crippen LogP contribution in [0, 0.1) is 0 Å². The summed E-state index contributed by atoms with van der Waals surface area (Å²) in [4.78, 5) is 18.2. The lowest BCUT2D eigenvalue weighted by Gasteiger charge is -2.31. The molecule has 1 aromatic rings. The Kier molecular flexibility index (Phi) is 5.17. The maximum Gasteiger partial charge on any atom is 0.223 e. The molecule has 1 aromatic heterocycles. The quantitative estimate of drug-likeness (QED) is 0.869. The van der Waals surface area contributed by atoms with Crippen molar-refractivity contribution in [3.05, 3.63) is 23.9 Å². The van der Waals surface area contributed by atoms with E-state index < -0.39 is 5.60 Å². The highest BCUT2D eigenvalue weighted by atomic mass is 16.3. The summed E-state index contributed by atoms with van der Waals surface area (Å²) in [6, 6.07) is 3.85. The molecule has 5 heteroatoms. The summed E-state index contributed by atoms with van der Waals surface area (Å²) in [5.41, 5.74) is 0.215. The SMILES string of the molecule is CN(C)c1cc(CNC(=O)CC2(O)CCCCC2)ccn1. The van der Waals surface area contributed by atoms with Crippen molar-refractivity contribution in [2.75, 3.05) is 19.0 Å². The van der Waals surface area contributed by atoms with E-state index in [4.69, 9.17) is 0 Å². The number of amides is 1. The molecule has 0 bridgehead atoms. The van der Waals surface area contributed by atoms with Gasteiger partial charge in [-0.1, -0.05) is 19.3 Å². The molecule has 0 aromatic carbocycles. The zero-order valence-corrected chi connectivity index (χ0v) is 12.9. The zero-order chi connectivity index (χ0) is 15.3. The van der Waals surface area contributed by atoms with E-state index in [1.54, 1.807) is 6.20 Å². The number of rotatable bonds is 5. The van der Waals surface area contributed by atoms with Gasteiger partial charge in [-0.25, -0.2) is 4.98 Å². The molecular formula is C16H25N3O2. The lowest BCUT2D eigenvalue weighted by Crippen LogP contribution is -2.38. The Hall–Kier alpha value is -1.62. The molecule has 116 valence electrons. The summed E-state index contributed by atoms with van der Waals surface area (Å²) in [7, 11) is 3.87. The number of hydrogen-bond donors (Lipinski definition) is 2. The van der Waals surface area contributed by atoms with E-state index in [0.717, 1.165) is 43.5 Å². The summed E-state index contributed by atoms with van der Waals surface area (Å²) in [6.45, 7) is 0.471. The lowest BCUT2D eigenvalue weighted by molar-refractivity contribution is -0.127. The second kappa shape index (κ2) is 6.89. The maximum atomic E-state index is 12.0. The van der Waals surface area contributed by atoms with Crippen LogP contribution >= 0.6 is 0 Å². The van der Waals surface area contributed by atoms with Crippen molar-refractivity contribution >= 4 is 11.7 Å². The molecule has 2 rings (SSSR count). The van der Waals surface area contributed by atoms with Crippen molar-refractivity contribution in [3.8, 4) is 0 Å². The molecule has 1 amide bonds. The van der Waals surface area contributed by atoms with Gasteiger partial charge in [0.2, 0.25) is 5.91 Å². The monoisotopic (exact) mass is 291 g/mol. The molecule has 21 heavy (non-hydrogen) atoms. The van der Waals surface area contributed by atoms with Gasteiger partial charge in [0.1, 0.15) is 5.82 Å². The van der Waals surface area contributed by atoms with Gasteiger partial charge in [0.25, 0.3) is 0 Å². The third-order valence-corrected chi connectivity index (χ3v) is 4.03. The first-order chi connectivity index (χ1) is 9.98. The predicted molar refractivity (Wildman–Crippen MR) is 83.1 cm³/mol. The van der Waals surface area contributed by atoms with Gasteiger partial charge in [0, 0.05) is 26.8 Å². The van der Waals surface area contributed by atoms with Crippen molar-refractivity contribution in [3.63, 3.8) is 0 Å². The number of anilines is 1. The van der Waals surface area contributed by atoms with Crippen molar-refractivity contribution in [2.24, 2.45) is 0 Å². The largest absolute Gasteiger partial charge is 0.389 e. The molecule has 1 heterocycles. The predicted octanol–water partition coefficient (Wildman–Crippen LogP) is 1.85. The highest BCUT2D eigenvalue weighted by Gasteiger charge is 2.31. The molecular weight excluding hydrogens is 266 g/mol. The average molecular weight is 291 g/mol. The van der Waals surface area contributed by atoms with Crippen molar-refractivity contribution in [2.45, 2.75) is 50.7 Å². The van der Waals surface area contributed by atoms with Crippen LogP contribution in [0.15, 0.2) is 18.3 Å². The van der Waals surface area contributed by atoms with E-state index in [2.05, 4.69) is 10.3 Å². The fraction of sp³-hybridized carbons (Fsp3) is 0.625. The van der Waals surface area contributed by atoms with Crippen LogP contribution in [0.2, 0.25) is 0 Å². The van der Waals surface area contributed by atoms with Gasteiger partial charge in [-0.3, -0.25) is 4.79 Å². The topological polar surface area (TPSA) is 65.5 Å².